The molecule has 2 rings (SSSR count). The minimum atomic E-state index is 0.211. The molecule has 1 heteroatoms. The van der Waals surface area contributed by atoms with Gasteiger partial charge in [-0.2, -0.15) is 0 Å². The van der Waals surface area contributed by atoms with Crippen LogP contribution in [0.15, 0.2) is 30.8 Å². The SMILES string of the molecule is C=Cc1cccc(C(N)CC2CC2)c1. The van der Waals surface area contributed by atoms with Crippen LogP contribution in [0.3, 0.4) is 0 Å². The van der Waals surface area contributed by atoms with E-state index in [0.29, 0.717) is 0 Å². The molecule has 0 aliphatic heterocycles. The van der Waals surface area contributed by atoms with Crippen molar-refractivity contribution in [3.8, 4) is 0 Å². The van der Waals surface area contributed by atoms with Gasteiger partial charge in [0.25, 0.3) is 0 Å². The average molecular weight is 187 g/mol. The number of rotatable bonds is 4. The molecule has 1 aromatic rings. The third-order valence-corrected chi connectivity index (χ3v) is 2.86. The van der Waals surface area contributed by atoms with Gasteiger partial charge in [0.05, 0.1) is 0 Å². The van der Waals surface area contributed by atoms with E-state index < -0.39 is 0 Å². The van der Waals surface area contributed by atoms with Crippen LogP contribution in [0.4, 0.5) is 0 Å². The van der Waals surface area contributed by atoms with Crippen molar-refractivity contribution in [2.24, 2.45) is 11.7 Å². The zero-order chi connectivity index (χ0) is 9.97. The van der Waals surface area contributed by atoms with E-state index in [2.05, 4.69) is 30.8 Å². The van der Waals surface area contributed by atoms with Crippen LogP contribution in [0.25, 0.3) is 6.08 Å². The topological polar surface area (TPSA) is 26.0 Å². The Morgan fingerprint density at radius 3 is 2.93 bits per heavy atom. The van der Waals surface area contributed by atoms with Crippen LogP contribution in [0.5, 0.6) is 0 Å². The molecule has 2 N–H and O–H groups in total. The Morgan fingerprint density at radius 1 is 1.50 bits per heavy atom. The van der Waals surface area contributed by atoms with Crippen LogP contribution < -0.4 is 5.73 Å². The van der Waals surface area contributed by atoms with Crippen molar-refractivity contribution in [3.63, 3.8) is 0 Å². The molecule has 1 aromatic carbocycles. The summed E-state index contributed by atoms with van der Waals surface area (Å²) >= 11 is 0. The molecular weight excluding hydrogens is 170 g/mol. The summed E-state index contributed by atoms with van der Waals surface area (Å²) in [4.78, 5) is 0. The van der Waals surface area contributed by atoms with E-state index in [9.17, 15) is 0 Å². The van der Waals surface area contributed by atoms with Gasteiger partial charge >= 0.3 is 0 Å². The summed E-state index contributed by atoms with van der Waals surface area (Å²) in [5.41, 5.74) is 8.53. The van der Waals surface area contributed by atoms with Crippen LogP contribution >= 0.6 is 0 Å². The average Bonchev–Trinajstić information content (AvgIpc) is 3.02. The molecule has 0 heterocycles. The summed E-state index contributed by atoms with van der Waals surface area (Å²) in [7, 11) is 0. The van der Waals surface area contributed by atoms with Crippen LogP contribution in [0, 0.1) is 5.92 Å². The summed E-state index contributed by atoms with van der Waals surface area (Å²) < 4.78 is 0. The number of hydrogen-bond donors (Lipinski definition) is 1. The van der Waals surface area contributed by atoms with E-state index in [4.69, 9.17) is 5.73 Å². The van der Waals surface area contributed by atoms with Crippen molar-refractivity contribution in [3.05, 3.63) is 42.0 Å². The molecular formula is C13H17N. The van der Waals surface area contributed by atoms with E-state index in [0.717, 1.165) is 17.9 Å². The van der Waals surface area contributed by atoms with Gasteiger partial charge in [-0.05, 0) is 23.5 Å². The quantitative estimate of drug-likeness (QED) is 0.770. The largest absolute Gasteiger partial charge is 0.324 e. The first-order chi connectivity index (χ1) is 6.79. The van der Waals surface area contributed by atoms with E-state index in [1.54, 1.807) is 0 Å². The summed E-state index contributed by atoms with van der Waals surface area (Å²) in [6.07, 6.45) is 5.75. The van der Waals surface area contributed by atoms with E-state index >= 15 is 0 Å². The Morgan fingerprint density at radius 2 is 2.29 bits per heavy atom. The minimum absolute atomic E-state index is 0.211. The normalized spacial score (nSPS) is 17.8. The predicted octanol–water partition coefficient (Wildman–Crippen LogP) is 3.13. The van der Waals surface area contributed by atoms with Gasteiger partial charge in [-0.1, -0.05) is 49.8 Å². The molecule has 1 nitrogen and oxygen atoms in total. The maximum absolute atomic E-state index is 6.13. The first-order valence-corrected chi connectivity index (χ1v) is 5.27. The first kappa shape index (κ1) is 9.47. The second-order valence-electron chi connectivity index (χ2n) is 4.16. The van der Waals surface area contributed by atoms with Crippen molar-refractivity contribution in [1.82, 2.24) is 0 Å². The van der Waals surface area contributed by atoms with E-state index in [-0.39, 0.29) is 6.04 Å². The van der Waals surface area contributed by atoms with Gasteiger partial charge in [0.1, 0.15) is 0 Å². The fourth-order valence-corrected chi connectivity index (χ4v) is 1.77. The monoisotopic (exact) mass is 187 g/mol. The van der Waals surface area contributed by atoms with Crippen molar-refractivity contribution in [2.45, 2.75) is 25.3 Å². The molecule has 14 heavy (non-hydrogen) atoms. The lowest BCUT2D eigenvalue weighted by Gasteiger charge is -2.11. The van der Waals surface area contributed by atoms with E-state index in [1.165, 1.54) is 18.4 Å². The Kier molecular flexibility index (Phi) is 2.69. The molecule has 1 aliphatic carbocycles. The number of hydrogen-bond acceptors (Lipinski definition) is 1. The Bertz CT molecular complexity index is 326. The minimum Gasteiger partial charge on any atom is -0.324 e. The summed E-state index contributed by atoms with van der Waals surface area (Å²) in [5, 5.41) is 0. The molecule has 1 aliphatic rings. The van der Waals surface area contributed by atoms with Gasteiger partial charge in [0.15, 0.2) is 0 Å². The Balaban J connectivity index is 2.08. The van der Waals surface area contributed by atoms with Crippen molar-refractivity contribution in [2.75, 3.05) is 0 Å². The maximum atomic E-state index is 6.13. The fourth-order valence-electron chi connectivity index (χ4n) is 1.77. The number of nitrogens with two attached hydrogens (primary N) is 1. The molecule has 1 atom stereocenters. The van der Waals surface area contributed by atoms with Gasteiger partial charge in [-0.3, -0.25) is 0 Å². The lowest BCUT2D eigenvalue weighted by Crippen LogP contribution is -2.10. The fraction of sp³-hybridized carbons (Fsp3) is 0.385. The van der Waals surface area contributed by atoms with Crippen molar-refractivity contribution >= 4 is 6.08 Å². The second kappa shape index (κ2) is 3.97. The van der Waals surface area contributed by atoms with Gasteiger partial charge in [0.2, 0.25) is 0 Å². The molecule has 1 unspecified atom stereocenters. The van der Waals surface area contributed by atoms with Crippen molar-refractivity contribution in [1.29, 1.82) is 0 Å². The van der Waals surface area contributed by atoms with Crippen LogP contribution in [-0.4, -0.2) is 0 Å². The highest BCUT2D eigenvalue weighted by Gasteiger charge is 2.24. The van der Waals surface area contributed by atoms with Crippen LogP contribution in [-0.2, 0) is 0 Å². The molecule has 0 aromatic heterocycles. The zero-order valence-corrected chi connectivity index (χ0v) is 8.45. The second-order valence-corrected chi connectivity index (χ2v) is 4.16. The molecule has 0 spiro atoms. The lowest BCUT2D eigenvalue weighted by molar-refractivity contribution is 0.597. The molecule has 0 bridgehead atoms. The van der Waals surface area contributed by atoms with Gasteiger partial charge in [-0.15, -0.1) is 0 Å². The van der Waals surface area contributed by atoms with Crippen LogP contribution in [0.2, 0.25) is 0 Å². The molecule has 74 valence electrons. The lowest BCUT2D eigenvalue weighted by atomic mass is 10.0. The standard InChI is InChI=1S/C13H17N/c1-2-10-4-3-5-12(8-10)13(14)9-11-6-7-11/h2-5,8,11,13H,1,6-7,9,14H2. The summed E-state index contributed by atoms with van der Waals surface area (Å²) in [6.45, 7) is 3.76. The van der Waals surface area contributed by atoms with Gasteiger partial charge in [0, 0.05) is 6.04 Å². The summed E-state index contributed by atoms with van der Waals surface area (Å²) in [5.74, 6) is 0.886. The molecule has 0 saturated heterocycles. The summed E-state index contributed by atoms with van der Waals surface area (Å²) in [6, 6.07) is 8.57. The molecule has 0 radical (unpaired) electrons. The van der Waals surface area contributed by atoms with Crippen LogP contribution in [0.1, 0.15) is 36.4 Å². The van der Waals surface area contributed by atoms with Gasteiger partial charge < -0.3 is 5.73 Å². The maximum Gasteiger partial charge on any atom is 0.0297 e. The van der Waals surface area contributed by atoms with Gasteiger partial charge in [-0.25, -0.2) is 0 Å². The predicted molar refractivity (Wildman–Crippen MR) is 60.8 cm³/mol. The third kappa shape index (κ3) is 2.24. The zero-order valence-electron chi connectivity index (χ0n) is 8.45. The highest BCUT2D eigenvalue weighted by molar-refractivity contribution is 5.48. The Labute approximate surface area is 85.6 Å². The smallest absolute Gasteiger partial charge is 0.0297 e. The Hall–Kier alpha value is -1.08. The number of benzene rings is 1. The van der Waals surface area contributed by atoms with Crippen molar-refractivity contribution < 1.29 is 0 Å². The molecule has 1 saturated carbocycles. The molecule has 0 amide bonds. The highest BCUT2D eigenvalue weighted by Crippen LogP contribution is 2.36. The van der Waals surface area contributed by atoms with E-state index in [1.807, 2.05) is 6.08 Å². The highest BCUT2D eigenvalue weighted by atomic mass is 14.6. The molecule has 1 fully saturated rings. The first-order valence-electron chi connectivity index (χ1n) is 5.27. The third-order valence-electron chi connectivity index (χ3n) is 2.86.